The lowest BCUT2D eigenvalue weighted by Crippen LogP contribution is -2.59. The van der Waals surface area contributed by atoms with Crippen molar-refractivity contribution < 1.29 is 18.5 Å². The van der Waals surface area contributed by atoms with E-state index in [1.54, 1.807) is 23.0 Å². The van der Waals surface area contributed by atoms with Crippen molar-refractivity contribution in [3.63, 3.8) is 0 Å². The minimum atomic E-state index is -0.386. The first-order valence-corrected chi connectivity index (χ1v) is 7.79. The first-order chi connectivity index (χ1) is 12.5. The molecule has 2 aromatic carbocycles. The SMILES string of the molecule is Cc1oc(-c2cn(-c3ccccc3)nc2-c2ccc(F)cc2)[n+]([O-])[n+]1[O-]. The Labute approximate surface area is 147 Å². The van der Waals surface area contributed by atoms with Gasteiger partial charge in [-0.15, -0.1) is 0 Å². The molecule has 4 rings (SSSR count). The molecule has 0 N–H and O–H groups in total. The molecule has 0 radical (unpaired) electrons. The minimum Gasteiger partial charge on any atom is -0.558 e. The molecule has 0 amide bonds. The van der Waals surface area contributed by atoms with Crippen LogP contribution in [0.2, 0.25) is 0 Å². The number of aromatic nitrogens is 4. The van der Waals surface area contributed by atoms with Crippen LogP contribution in [0, 0.1) is 23.2 Å². The van der Waals surface area contributed by atoms with Crippen LogP contribution in [0.15, 0.2) is 65.2 Å². The average molecular weight is 352 g/mol. The van der Waals surface area contributed by atoms with E-state index in [0.29, 0.717) is 16.8 Å². The number of rotatable bonds is 3. The van der Waals surface area contributed by atoms with Gasteiger partial charge in [0.15, 0.2) is 0 Å². The smallest absolute Gasteiger partial charge is 0.466 e. The monoisotopic (exact) mass is 352 g/mol. The number of para-hydroxylation sites is 1. The normalized spacial score (nSPS) is 11.0. The van der Waals surface area contributed by atoms with Crippen molar-refractivity contribution in [1.29, 1.82) is 0 Å². The van der Waals surface area contributed by atoms with Crippen LogP contribution < -0.4 is 9.69 Å². The molecule has 0 saturated carbocycles. The van der Waals surface area contributed by atoms with Crippen molar-refractivity contribution in [2.75, 3.05) is 0 Å². The third-order valence-electron chi connectivity index (χ3n) is 3.94. The highest BCUT2D eigenvalue weighted by Crippen LogP contribution is 2.30. The molecule has 2 aromatic heterocycles. The number of hydrogen-bond donors (Lipinski definition) is 0. The molecular formula is C18H13FN4O3. The molecule has 0 aliphatic rings. The van der Waals surface area contributed by atoms with Gasteiger partial charge in [0.05, 0.1) is 12.6 Å². The van der Waals surface area contributed by atoms with Gasteiger partial charge in [-0.05, 0) is 36.4 Å². The van der Waals surface area contributed by atoms with Crippen molar-refractivity contribution in [2.24, 2.45) is 0 Å². The largest absolute Gasteiger partial charge is 0.558 e. The van der Waals surface area contributed by atoms with Crippen LogP contribution in [0.25, 0.3) is 28.4 Å². The molecule has 0 bridgehead atoms. The van der Waals surface area contributed by atoms with E-state index in [0.717, 1.165) is 5.69 Å². The summed E-state index contributed by atoms with van der Waals surface area (Å²) in [4.78, 5) is 0.234. The lowest BCUT2D eigenvalue weighted by molar-refractivity contribution is -1.18. The van der Waals surface area contributed by atoms with Crippen LogP contribution in [-0.2, 0) is 0 Å². The van der Waals surface area contributed by atoms with Gasteiger partial charge < -0.3 is 14.8 Å². The molecule has 0 aliphatic heterocycles. The Hall–Kier alpha value is -3.68. The Morgan fingerprint density at radius 2 is 1.69 bits per heavy atom. The second-order valence-electron chi connectivity index (χ2n) is 5.65. The van der Waals surface area contributed by atoms with E-state index in [9.17, 15) is 14.8 Å². The van der Waals surface area contributed by atoms with E-state index in [2.05, 4.69) is 5.10 Å². The van der Waals surface area contributed by atoms with Gasteiger partial charge in [-0.2, -0.15) is 5.10 Å². The first-order valence-electron chi connectivity index (χ1n) is 7.79. The molecule has 0 atom stereocenters. The summed E-state index contributed by atoms with van der Waals surface area (Å²) in [6, 6.07) is 15.0. The molecule has 7 nitrogen and oxygen atoms in total. The van der Waals surface area contributed by atoms with Gasteiger partial charge in [-0.1, -0.05) is 18.2 Å². The Kier molecular flexibility index (Phi) is 3.65. The van der Waals surface area contributed by atoms with Gasteiger partial charge in [-0.25, -0.2) is 9.07 Å². The lowest BCUT2D eigenvalue weighted by Gasteiger charge is -2.00. The highest BCUT2D eigenvalue weighted by atomic mass is 19.1. The molecule has 0 saturated heterocycles. The fourth-order valence-electron chi connectivity index (χ4n) is 2.65. The number of nitrogens with zero attached hydrogens (tertiary/aromatic N) is 4. The fraction of sp³-hybridized carbons (Fsp3) is 0.0556. The van der Waals surface area contributed by atoms with Crippen molar-refractivity contribution in [3.8, 4) is 28.4 Å². The molecule has 4 aromatic rings. The maximum absolute atomic E-state index is 13.3. The highest BCUT2D eigenvalue weighted by Gasteiger charge is 2.32. The van der Waals surface area contributed by atoms with Crippen LogP contribution >= 0.6 is 0 Å². The summed E-state index contributed by atoms with van der Waals surface area (Å²) in [5, 5.41) is 28.4. The first kappa shape index (κ1) is 15.8. The number of halogens is 1. The topological polar surface area (TPSA) is 84.8 Å². The summed E-state index contributed by atoms with van der Waals surface area (Å²) in [6.45, 7) is 1.39. The second kappa shape index (κ2) is 5.99. The third kappa shape index (κ3) is 2.57. The van der Waals surface area contributed by atoms with Crippen molar-refractivity contribution in [3.05, 3.63) is 82.9 Å². The minimum absolute atomic E-state index is 0.0903. The summed E-state index contributed by atoms with van der Waals surface area (Å²) in [5.74, 6) is -0.658. The second-order valence-corrected chi connectivity index (χ2v) is 5.65. The molecule has 130 valence electrons. The zero-order valence-corrected chi connectivity index (χ0v) is 13.7. The molecular weight excluding hydrogens is 339 g/mol. The van der Waals surface area contributed by atoms with E-state index >= 15 is 0 Å². The molecule has 2 heterocycles. The van der Waals surface area contributed by atoms with Crippen LogP contribution in [0.4, 0.5) is 4.39 Å². The maximum Gasteiger partial charge on any atom is 0.466 e. The van der Waals surface area contributed by atoms with Crippen molar-refractivity contribution >= 4 is 0 Å². The molecule has 26 heavy (non-hydrogen) atoms. The standard InChI is InChI=1S/C18H13FN4O3/c1-12-22(24)23(25)18(26-12)16-11-21(15-5-3-2-4-6-15)20-17(16)13-7-9-14(19)10-8-13/h2-11H,1H3. The maximum atomic E-state index is 13.3. The van der Waals surface area contributed by atoms with Gasteiger partial charge in [0.1, 0.15) is 26.8 Å². The fourth-order valence-corrected chi connectivity index (χ4v) is 2.65. The van der Waals surface area contributed by atoms with E-state index in [1.807, 2.05) is 30.3 Å². The quantitative estimate of drug-likeness (QED) is 0.419. The highest BCUT2D eigenvalue weighted by molar-refractivity contribution is 5.75. The zero-order valence-electron chi connectivity index (χ0n) is 13.7. The summed E-state index contributed by atoms with van der Waals surface area (Å²) in [6.07, 6.45) is 1.60. The van der Waals surface area contributed by atoms with E-state index in [1.165, 1.54) is 19.1 Å². The van der Waals surface area contributed by atoms with Gasteiger partial charge in [-0.3, -0.25) is 0 Å². The van der Waals surface area contributed by atoms with Gasteiger partial charge >= 0.3 is 11.8 Å². The van der Waals surface area contributed by atoms with Crippen LogP contribution in [0.5, 0.6) is 0 Å². The summed E-state index contributed by atoms with van der Waals surface area (Å²) in [5.41, 5.74) is 2.07. The molecule has 0 spiro atoms. The van der Waals surface area contributed by atoms with Gasteiger partial charge in [0.25, 0.3) is 0 Å². The summed E-state index contributed by atoms with van der Waals surface area (Å²) in [7, 11) is 0. The van der Waals surface area contributed by atoms with Crippen molar-refractivity contribution in [2.45, 2.75) is 6.92 Å². The lowest BCUT2D eigenvalue weighted by atomic mass is 10.1. The molecule has 0 aliphatic carbocycles. The Bertz CT molecular complexity index is 1070. The van der Waals surface area contributed by atoms with E-state index in [4.69, 9.17) is 4.42 Å². The van der Waals surface area contributed by atoms with E-state index in [-0.39, 0.29) is 27.3 Å². The third-order valence-corrected chi connectivity index (χ3v) is 3.94. The Morgan fingerprint density at radius 3 is 2.31 bits per heavy atom. The Balaban J connectivity index is 1.95. The van der Waals surface area contributed by atoms with E-state index < -0.39 is 0 Å². The average Bonchev–Trinajstić information content (AvgIpc) is 3.20. The molecule has 8 heteroatoms. The number of aryl methyl sites for hydroxylation is 1. The van der Waals surface area contributed by atoms with Crippen LogP contribution in [0.1, 0.15) is 5.89 Å². The van der Waals surface area contributed by atoms with Crippen LogP contribution in [-0.4, -0.2) is 9.78 Å². The predicted molar refractivity (Wildman–Crippen MR) is 89.3 cm³/mol. The van der Waals surface area contributed by atoms with Gasteiger partial charge in [0.2, 0.25) is 0 Å². The number of hydrogen-bond acceptors (Lipinski definition) is 4. The molecule has 0 unspecified atom stereocenters. The molecule has 0 fully saturated rings. The van der Waals surface area contributed by atoms with Crippen LogP contribution in [0.3, 0.4) is 0 Å². The van der Waals surface area contributed by atoms with Crippen molar-refractivity contribution in [1.82, 2.24) is 9.78 Å². The number of benzene rings is 2. The zero-order chi connectivity index (χ0) is 18.3. The van der Waals surface area contributed by atoms with Gasteiger partial charge in [0, 0.05) is 11.8 Å². The Morgan fingerprint density at radius 1 is 1.00 bits per heavy atom. The summed E-state index contributed by atoms with van der Waals surface area (Å²) >= 11 is 0. The predicted octanol–water partition coefficient (Wildman–Crippen LogP) is 2.51. The summed E-state index contributed by atoms with van der Waals surface area (Å²) < 4.78 is 20.2.